The molecule has 0 saturated carbocycles. The summed E-state index contributed by atoms with van der Waals surface area (Å²) in [6.45, 7) is 3.57. The summed E-state index contributed by atoms with van der Waals surface area (Å²) in [5.74, 6) is 1.72. The van der Waals surface area contributed by atoms with Crippen LogP contribution in [0, 0.1) is 6.92 Å². The fourth-order valence-corrected chi connectivity index (χ4v) is 5.51. The van der Waals surface area contributed by atoms with Crippen molar-refractivity contribution < 1.29 is 9.53 Å². The van der Waals surface area contributed by atoms with Crippen LogP contribution in [0.1, 0.15) is 43.1 Å². The van der Waals surface area contributed by atoms with Gasteiger partial charge in [0.1, 0.15) is 16.8 Å². The molecule has 1 amide bonds. The lowest BCUT2D eigenvalue weighted by Gasteiger charge is -2.35. The first-order valence-corrected chi connectivity index (χ1v) is 11.2. The third-order valence-corrected chi connectivity index (χ3v) is 7.12. The lowest BCUT2D eigenvalue weighted by atomic mass is 10.0. The molecule has 3 heterocycles. The summed E-state index contributed by atoms with van der Waals surface area (Å²) in [5, 5.41) is 8.84. The number of nitrogens with one attached hydrogen (secondary N) is 1. The quantitative estimate of drug-likeness (QED) is 0.747. The highest BCUT2D eigenvalue weighted by molar-refractivity contribution is 9.10. The number of rotatable bonds is 3. The lowest BCUT2D eigenvalue weighted by molar-refractivity contribution is -0.131. The summed E-state index contributed by atoms with van der Waals surface area (Å²) >= 11 is 5.06. The number of aromatic nitrogens is 3. The Morgan fingerprint density at radius 3 is 2.68 bits per heavy atom. The number of fused-ring (bicyclic) bond motifs is 1. The highest BCUT2D eigenvalue weighted by atomic mass is 79.9. The molecule has 2 atom stereocenters. The number of thioether (sulfide) groups is 1. The zero-order valence-corrected chi connectivity index (χ0v) is 18.4. The molecule has 28 heavy (non-hydrogen) atoms. The second-order valence-electron chi connectivity index (χ2n) is 7.14. The Kier molecular flexibility index (Phi) is 5.82. The van der Waals surface area contributed by atoms with Crippen molar-refractivity contribution in [1.82, 2.24) is 19.8 Å². The maximum Gasteiger partial charge on any atom is 0.238 e. The molecule has 7 nitrogen and oxygen atoms in total. The molecule has 9 heteroatoms. The molecule has 0 aliphatic carbocycles. The highest BCUT2D eigenvalue weighted by Crippen LogP contribution is 2.39. The van der Waals surface area contributed by atoms with E-state index in [1.807, 2.05) is 34.7 Å². The van der Waals surface area contributed by atoms with E-state index in [1.165, 1.54) is 24.6 Å². The van der Waals surface area contributed by atoms with Crippen LogP contribution in [0.5, 0.6) is 5.75 Å². The average molecular weight is 466 g/mol. The largest absolute Gasteiger partial charge is 0.496 e. The summed E-state index contributed by atoms with van der Waals surface area (Å²) in [7, 11) is 1.65. The van der Waals surface area contributed by atoms with Crippen LogP contribution in [-0.2, 0) is 4.79 Å². The van der Waals surface area contributed by atoms with Crippen molar-refractivity contribution in [1.29, 1.82) is 0 Å². The Hall–Kier alpha value is -1.74. The summed E-state index contributed by atoms with van der Waals surface area (Å²) < 4.78 is 8.10. The minimum atomic E-state index is -0.297. The van der Waals surface area contributed by atoms with Crippen molar-refractivity contribution in [2.24, 2.45) is 0 Å². The third-order valence-electron chi connectivity index (χ3n) is 5.29. The van der Waals surface area contributed by atoms with Gasteiger partial charge in [-0.2, -0.15) is 0 Å². The van der Waals surface area contributed by atoms with E-state index in [1.54, 1.807) is 7.11 Å². The van der Waals surface area contributed by atoms with E-state index in [2.05, 4.69) is 31.6 Å². The van der Waals surface area contributed by atoms with E-state index in [4.69, 9.17) is 4.74 Å². The van der Waals surface area contributed by atoms with Gasteiger partial charge >= 0.3 is 0 Å². The minimum Gasteiger partial charge on any atom is -0.496 e. The molecule has 1 fully saturated rings. The molecule has 1 N–H and O–H groups in total. The molecular weight excluding hydrogens is 442 g/mol. The van der Waals surface area contributed by atoms with Gasteiger partial charge in [0.15, 0.2) is 0 Å². The molecule has 150 valence electrons. The van der Waals surface area contributed by atoms with E-state index in [0.29, 0.717) is 0 Å². The molecule has 4 rings (SSSR count). The third kappa shape index (κ3) is 3.74. The maximum atomic E-state index is 13.5. The number of nitrogens with zero attached hydrogens (tertiary/aromatic N) is 4. The van der Waals surface area contributed by atoms with Crippen LogP contribution < -0.4 is 10.2 Å². The Bertz CT molecular complexity index is 866. The van der Waals surface area contributed by atoms with Crippen LogP contribution in [0.15, 0.2) is 27.8 Å². The van der Waals surface area contributed by atoms with E-state index in [-0.39, 0.29) is 17.2 Å². The number of benzene rings is 1. The van der Waals surface area contributed by atoms with Crippen LogP contribution in [0.3, 0.4) is 0 Å². The first-order chi connectivity index (χ1) is 13.6. The molecule has 0 bridgehead atoms. The van der Waals surface area contributed by atoms with Gasteiger partial charge in [-0.15, -0.1) is 10.2 Å². The first-order valence-electron chi connectivity index (χ1n) is 9.56. The van der Waals surface area contributed by atoms with Crippen molar-refractivity contribution in [2.75, 3.05) is 25.6 Å². The normalized spacial score (nSPS) is 22.2. The summed E-state index contributed by atoms with van der Waals surface area (Å²) in [5.41, 5.74) is 4.49. The van der Waals surface area contributed by atoms with Crippen LogP contribution in [-0.4, -0.2) is 51.1 Å². The molecule has 0 unspecified atom stereocenters. The van der Waals surface area contributed by atoms with Crippen molar-refractivity contribution in [3.8, 4) is 5.75 Å². The van der Waals surface area contributed by atoms with E-state index < -0.39 is 0 Å². The number of carbonyl (C=O) groups excluding carboxylic acids is 1. The molecule has 2 aliphatic rings. The number of hydrogen-bond donors (Lipinski definition) is 1. The van der Waals surface area contributed by atoms with Crippen molar-refractivity contribution in [3.63, 3.8) is 0 Å². The Balaban J connectivity index is 1.68. The number of hydrogen-bond acceptors (Lipinski definition) is 6. The van der Waals surface area contributed by atoms with Crippen LogP contribution in [0.25, 0.3) is 0 Å². The number of amides is 1. The first kappa shape index (κ1) is 19.6. The standard InChI is InChI=1S/C19H24BrN5O2S/c1-12-21-22-19-25(12)23-16(13-7-8-15(27-2)14(20)11-13)17(28-19)18(26)24-9-5-3-4-6-10-24/h7-8,11,16-17,23H,3-6,9-10H2,1-2H3/t16-,17-/m1/s1. The molecule has 1 aromatic carbocycles. The van der Waals surface area contributed by atoms with Gasteiger partial charge in [-0.05, 0) is 53.4 Å². The molecule has 0 spiro atoms. The molecule has 0 radical (unpaired) electrons. The van der Waals surface area contributed by atoms with Gasteiger partial charge in [0.05, 0.1) is 17.6 Å². The van der Waals surface area contributed by atoms with Crippen LogP contribution in [0.4, 0.5) is 0 Å². The smallest absolute Gasteiger partial charge is 0.238 e. The Morgan fingerprint density at radius 2 is 2.00 bits per heavy atom. The van der Waals surface area contributed by atoms with Gasteiger partial charge in [0.2, 0.25) is 11.1 Å². The highest BCUT2D eigenvalue weighted by Gasteiger charge is 2.39. The van der Waals surface area contributed by atoms with Gasteiger partial charge < -0.3 is 15.1 Å². The minimum absolute atomic E-state index is 0.170. The van der Waals surface area contributed by atoms with Crippen molar-refractivity contribution in [3.05, 3.63) is 34.1 Å². The zero-order chi connectivity index (χ0) is 19.7. The molecule has 2 aliphatic heterocycles. The van der Waals surface area contributed by atoms with E-state index >= 15 is 0 Å². The van der Waals surface area contributed by atoms with Crippen molar-refractivity contribution >= 4 is 33.6 Å². The Labute approximate surface area is 177 Å². The predicted octanol–water partition coefficient (Wildman–Crippen LogP) is 3.52. The summed E-state index contributed by atoms with van der Waals surface area (Å²) in [6, 6.07) is 5.76. The summed E-state index contributed by atoms with van der Waals surface area (Å²) in [6.07, 6.45) is 4.54. The topological polar surface area (TPSA) is 72.3 Å². The maximum absolute atomic E-state index is 13.5. The number of aryl methyl sites for hydroxylation is 1. The second kappa shape index (κ2) is 8.32. The van der Waals surface area contributed by atoms with Gasteiger partial charge in [0, 0.05) is 13.1 Å². The molecule has 2 aromatic rings. The van der Waals surface area contributed by atoms with Crippen LogP contribution in [0.2, 0.25) is 0 Å². The average Bonchev–Trinajstić information content (AvgIpc) is 2.90. The zero-order valence-electron chi connectivity index (χ0n) is 16.0. The van der Waals surface area contributed by atoms with Gasteiger partial charge in [-0.3, -0.25) is 4.79 Å². The number of likely N-dealkylation sites (tertiary alicyclic amines) is 1. The molecule has 1 aromatic heterocycles. The monoisotopic (exact) mass is 465 g/mol. The van der Waals surface area contributed by atoms with Crippen molar-refractivity contribution in [2.45, 2.75) is 49.1 Å². The SMILES string of the molecule is COc1ccc([C@H]2Nn3c(C)nnc3S[C@H]2C(=O)N2CCCCCC2)cc1Br. The number of ether oxygens (including phenoxy) is 1. The number of carbonyl (C=O) groups is 1. The predicted molar refractivity (Wildman–Crippen MR) is 112 cm³/mol. The fourth-order valence-electron chi connectivity index (χ4n) is 3.75. The second-order valence-corrected chi connectivity index (χ2v) is 9.11. The lowest BCUT2D eigenvalue weighted by Crippen LogP contribution is -2.46. The molecule has 1 saturated heterocycles. The van der Waals surface area contributed by atoms with E-state index in [9.17, 15) is 4.79 Å². The summed E-state index contributed by atoms with van der Waals surface area (Å²) in [4.78, 5) is 15.5. The number of methoxy groups -OCH3 is 1. The molecular formula is C19H24BrN5O2S. The van der Waals surface area contributed by atoms with Gasteiger partial charge in [0.25, 0.3) is 0 Å². The van der Waals surface area contributed by atoms with Crippen LogP contribution >= 0.6 is 27.7 Å². The Morgan fingerprint density at radius 1 is 1.25 bits per heavy atom. The van der Waals surface area contributed by atoms with Gasteiger partial charge in [-0.1, -0.05) is 30.7 Å². The fraction of sp³-hybridized carbons (Fsp3) is 0.526. The van der Waals surface area contributed by atoms with Gasteiger partial charge in [-0.25, -0.2) is 4.68 Å². The van der Waals surface area contributed by atoms with E-state index in [0.717, 1.165) is 52.7 Å². The number of halogens is 1.